The van der Waals surface area contributed by atoms with E-state index in [1.54, 1.807) is 0 Å². The Labute approximate surface area is 168 Å². The van der Waals surface area contributed by atoms with Crippen molar-refractivity contribution in [1.82, 2.24) is 0 Å². The summed E-state index contributed by atoms with van der Waals surface area (Å²) in [6.07, 6.45) is 3.00. The maximum atomic E-state index is 5.95. The van der Waals surface area contributed by atoms with Crippen LogP contribution in [0.4, 0.5) is 0 Å². The van der Waals surface area contributed by atoms with Crippen molar-refractivity contribution in [2.75, 3.05) is 0 Å². The first kappa shape index (κ1) is 19.5. The third-order valence-corrected chi connectivity index (χ3v) is 2.92. The van der Waals surface area contributed by atoms with Gasteiger partial charge >= 0.3 is 0 Å². The summed E-state index contributed by atoms with van der Waals surface area (Å²) in [5, 5.41) is 1.84. The van der Waals surface area contributed by atoms with Gasteiger partial charge in [-0.1, -0.05) is 6.92 Å². The molecule has 0 aliphatic heterocycles. The molecule has 0 aromatic heterocycles. The predicted molar refractivity (Wildman–Crippen MR) is 75.8 cm³/mol. The zero-order chi connectivity index (χ0) is 12.6. The molecule has 19 heavy (non-hydrogen) atoms. The Balaban J connectivity index is 0.00000162. The molecule has 0 aliphatic rings. The van der Waals surface area contributed by atoms with Gasteiger partial charge in [-0.3, -0.25) is 18.2 Å². The monoisotopic (exact) mass is 389 g/mol. The Morgan fingerprint density at radius 1 is 1.05 bits per heavy atom. The van der Waals surface area contributed by atoms with Gasteiger partial charge in [-0.05, 0) is 0 Å². The van der Waals surface area contributed by atoms with Crippen molar-refractivity contribution in [2.45, 2.75) is 6.92 Å². The van der Waals surface area contributed by atoms with Gasteiger partial charge in [0.1, 0.15) is 7.85 Å². The zero-order valence-corrected chi connectivity index (χ0v) is 16.5. The summed E-state index contributed by atoms with van der Waals surface area (Å²) in [6.45, 7) is 13.1. The van der Waals surface area contributed by atoms with Crippen LogP contribution in [0.3, 0.4) is 0 Å². The minimum Gasteiger partial charge on any atom is -0.344 e. The molecule has 0 amide bonds. The summed E-state index contributed by atoms with van der Waals surface area (Å²) >= 11 is 0. The van der Waals surface area contributed by atoms with Crippen LogP contribution in [0.15, 0.2) is 12.1 Å². The molecule has 0 aliphatic carbocycles. The fourth-order valence-electron chi connectivity index (χ4n) is 1.98. The number of hydrogen-bond donors (Lipinski definition) is 0. The standard InChI is InChI=1S/C15H9B2.2Y/c1-4-10-6-11(16)7-14-12(5-2)9(3)15(17)8-13(10)14;;/h1-2,4-5,7-8H,3H3;;/q-3;;. The van der Waals surface area contributed by atoms with E-state index in [-0.39, 0.29) is 65.4 Å². The van der Waals surface area contributed by atoms with Gasteiger partial charge < -0.3 is 12.7 Å². The van der Waals surface area contributed by atoms with Crippen LogP contribution >= 0.6 is 0 Å². The van der Waals surface area contributed by atoms with Crippen LogP contribution in [0.1, 0.15) is 16.7 Å². The molecule has 0 unspecified atom stereocenters. The van der Waals surface area contributed by atoms with E-state index in [1.165, 1.54) is 12.2 Å². The van der Waals surface area contributed by atoms with Crippen molar-refractivity contribution in [3.63, 3.8) is 0 Å². The molecule has 0 nitrogen and oxygen atoms in total. The van der Waals surface area contributed by atoms with Crippen molar-refractivity contribution in [2.24, 2.45) is 0 Å². The van der Waals surface area contributed by atoms with E-state index in [1.807, 2.05) is 19.1 Å². The maximum Gasteiger partial charge on any atom is 0.110 e. The van der Waals surface area contributed by atoms with E-state index >= 15 is 0 Å². The minimum atomic E-state index is 0. The molecule has 6 radical (unpaired) electrons. The summed E-state index contributed by atoms with van der Waals surface area (Å²) in [5.41, 5.74) is 3.75. The van der Waals surface area contributed by atoms with E-state index in [0.717, 1.165) is 27.5 Å². The van der Waals surface area contributed by atoms with Gasteiger partial charge in [0, 0.05) is 65.4 Å². The van der Waals surface area contributed by atoms with Gasteiger partial charge in [0.15, 0.2) is 0 Å². The van der Waals surface area contributed by atoms with Gasteiger partial charge in [-0.25, -0.2) is 11.5 Å². The molecule has 2 rings (SSSR count). The molecule has 0 atom stereocenters. The summed E-state index contributed by atoms with van der Waals surface area (Å²) in [4.78, 5) is 0. The van der Waals surface area contributed by atoms with Gasteiger partial charge in [0.05, 0.1) is 7.85 Å². The summed E-state index contributed by atoms with van der Waals surface area (Å²) in [6, 6.07) is 6.68. The van der Waals surface area contributed by atoms with Gasteiger partial charge in [0.2, 0.25) is 0 Å². The Bertz CT molecular complexity index is 634. The van der Waals surface area contributed by atoms with Crippen LogP contribution in [-0.4, -0.2) is 15.7 Å². The SMILES string of the molecule is [B]c1[c-]c(C=[CH-])c2cc([B])c(C)c(C=[CH-])c2c1.[Y].[Y]. The van der Waals surface area contributed by atoms with Crippen LogP contribution in [0.25, 0.3) is 22.9 Å². The average Bonchev–Trinajstić information content (AvgIpc) is 2.31. The van der Waals surface area contributed by atoms with Crippen LogP contribution in [0, 0.1) is 26.1 Å². The van der Waals surface area contributed by atoms with Gasteiger partial charge in [-0.15, -0.1) is 17.1 Å². The largest absolute Gasteiger partial charge is 0.344 e. The van der Waals surface area contributed by atoms with Crippen LogP contribution < -0.4 is 10.9 Å². The van der Waals surface area contributed by atoms with Crippen LogP contribution in [-0.2, 0) is 65.4 Å². The Kier molecular flexibility index (Phi) is 8.30. The summed E-state index contributed by atoms with van der Waals surface area (Å²) in [5.74, 6) is 0. The number of hydrogen-bond acceptors (Lipinski definition) is 0. The van der Waals surface area contributed by atoms with E-state index < -0.39 is 0 Å². The maximum absolute atomic E-state index is 5.95. The molecule has 0 saturated carbocycles. The fourth-order valence-corrected chi connectivity index (χ4v) is 1.98. The topological polar surface area (TPSA) is 0 Å². The normalized spacial score (nSPS) is 9.32. The fraction of sp³-hybridized carbons (Fsp3) is 0.0667. The molecule has 0 bridgehead atoms. The first-order valence-corrected chi connectivity index (χ1v) is 5.23. The van der Waals surface area contributed by atoms with Crippen molar-refractivity contribution < 1.29 is 65.4 Å². The molecular formula is C15H9B2Y2-3. The molecular weight excluding hydrogens is 380 g/mol. The number of benzene rings is 2. The average molecular weight is 389 g/mol. The first-order chi connectivity index (χ1) is 8.08. The molecule has 0 heterocycles. The Morgan fingerprint density at radius 3 is 2.21 bits per heavy atom. The third kappa shape index (κ3) is 3.79. The molecule has 0 spiro atoms. The predicted octanol–water partition coefficient (Wildman–Crippen LogP) is 1.42. The second kappa shape index (κ2) is 8.08. The first-order valence-electron chi connectivity index (χ1n) is 5.23. The Morgan fingerprint density at radius 2 is 1.68 bits per heavy atom. The number of rotatable bonds is 2. The zero-order valence-electron chi connectivity index (χ0n) is 10.8. The molecule has 2 aromatic rings. The molecule has 4 heteroatoms. The van der Waals surface area contributed by atoms with Gasteiger partial charge in [-0.2, -0.15) is 22.5 Å². The van der Waals surface area contributed by atoms with E-state index in [0.29, 0.717) is 10.9 Å². The van der Waals surface area contributed by atoms with Crippen molar-refractivity contribution >= 4 is 49.5 Å². The van der Waals surface area contributed by atoms with Crippen molar-refractivity contribution in [3.8, 4) is 0 Å². The smallest absolute Gasteiger partial charge is 0.110 e. The van der Waals surface area contributed by atoms with E-state index in [4.69, 9.17) is 28.9 Å². The van der Waals surface area contributed by atoms with Crippen LogP contribution in [0.5, 0.6) is 0 Å². The quantitative estimate of drug-likeness (QED) is 0.539. The molecule has 0 fully saturated rings. The minimum absolute atomic E-state index is 0. The molecule has 2 aromatic carbocycles. The van der Waals surface area contributed by atoms with Gasteiger partial charge in [0.25, 0.3) is 0 Å². The van der Waals surface area contributed by atoms with Crippen molar-refractivity contribution in [1.29, 1.82) is 0 Å². The summed E-state index contributed by atoms with van der Waals surface area (Å²) < 4.78 is 0. The second-order valence-corrected chi connectivity index (χ2v) is 3.94. The van der Waals surface area contributed by atoms with E-state index in [9.17, 15) is 0 Å². The third-order valence-electron chi connectivity index (χ3n) is 2.92. The van der Waals surface area contributed by atoms with Crippen LogP contribution in [0.2, 0.25) is 0 Å². The molecule has 0 saturated heterocycles. The number of fused-ring (bicyclic) bond motifs is 1. The second-order valence-electron chi connectivity index (χ2n) is 3.94. The molecule has 0 N–H and O–H groups in total. The summed E-state index contributed by atoms with van der Waals surface area (Å²) in [7, 11) is 11.7. The molecule has 84 valence electrons. The van der Waals surface area contributed by atoms with Crippen molar-refractivity contribution in [3.05, 3.63) is 48.0 Å². The Hall–Kier alpha value is 0.518. The van der Waals surface area contributed by atoms with E-state index in [2.05, 4.69) is 6.07 Å².